The van der Waals surface area contributed by atoms with E-state index in [1.165, 1.54) is 0 Å². The standard InChI is InChI=1S/C16H17IN2O2S/c1-19(2)15-9-5-8-14-13(15)7-6-10-16(14)22(20,21)18-12-4-3-11-17/h5-10,18H,4,12H2,1-2H3. The van der Waals surface area contributed by atoms with Gasteiger partial charge in [0.2, 0.25) is 10.0 Å². The first-order valence-corrected chi connectivity index (χ1v) is 9.31. The Morgan fingerprint density at radius 2 is 1.82 bits per heavy atom. The number of anilines is 1. The van der Waals surface area contributed by atoms with Gasteiger partial charge in [-0.05, 0) is 16.1 Å². The number of hydrogen-bond donors (Lipinski definition) is 1. The predicted molar refractivity (Wildman–Crippen MR) is 99.9 cm³/mol. The second-order valence-electron chi connectivity index (χ2n) is 4.94. The first-order chi connectivity index (χ1) is 10.5. The van der Waals surface area contributed by atoms with Gasteiger partial charge in [0.15, 0.2) is 0 Å². The van der Waals surface area contributed by atoms with Crippen LogP contribution in [0.25, 0.3) is 10.8 Å². The molecule has 116 valence electrons. The first-order valence-electron chi connectivity index (χ1n) is 6.74. The van der Waals surface area contributed by atoms with Crippen LogP contribution in [0.3, 0.4) is 0 Å². The highest BCUT2D eigenvalue weighted by molar-refractivity contribution is 14.1. The molecule has 0 radical (unpaired) electrons. The van der Waals surface area contributed by atoms with Gasteiger partial charge in [0.05, 0.1) is 4.90 Å². The summed E-state index contributed by atoms with van der Waals surface area (Å²) in [6.45, 7) is 0.308. The summed E-state index contributed by atoms with van der Waals surface area (Å²) < 4.78 is 30.4. The molecule has 2 rings (SSSR count). The average molecular weight is 428 g/mol. The van der Waals surface area contributed by atoms with Crippen LogP contribution in [0.2, 0.25) is 0 Å². The number of fused-ring (bicyclic) bond motifs is 1. The molecule has 2 aromatic rings. The number of hydrogen-bond acceptors (Lipinski definition) is 3. The van der Waals surface area contributed by atoms with Crippen molar-refractivity contribution in [3.63, 3.8) is 0 Å². The molecule has 0 saturated heterocycles. The summed E-state index contributed by atoms with van der Waals surface area (Å²) in [5.41, 5.74) is 0.991. The fourth-order valence-electron chi connectivity index (χ4n) is 2.26. The molecule has 0 fully saturated rings. The monoisotopic (exact) mass is 428 g/mol. The van der Waals surface area contributed by atoms with Crippen LogP contribution in [0, 0.1) is 9.85 Å². The molecular formula is C16H17IN2O2S. The van der Waals surface area contributed by atoms with Gasteiger partial charge >= 0.3 is 0 Å². The summed E-state index contributed by atoms with van der Waals surface area (Å²) in [6.07, 6.45) is 0.496. The largest absolute Gasteiger partial charge is 0.377 e. The second-order valence-corrected chi connectivity index (χ2v) is 7.22. The summed E-state index contributed by atoms with van der Waals surface area (Å²) in [6, 6.07) is 11.0. The van der Waals surface area contributed by atoms with E-state index in [2.05, 4.69) is 14.6 Å². The molecule has 0 bridgehead atoms. The van der Waals surface area contributed by atoms with Crippen LogP contribution < -0.4 is 9.62 Å². The SMILES string of the molecule is CN(C)c1cccc2c(S(=O)(=O)NCCC#CI)cccc12. The smallest absolute Gasteiger partial charge is 0.241 e. The van der Waals surface area contributed by atoms with E-state index in [0.29, 0.717) is 17.9 Å². The molecule has 0 amide bonds. The lowest BCUT2D eigenvalue weighted by Crippen LogP contribution is -2.24. The number of rotatable bonds is 5. The van der Waals surface area contributed by atoms with Crippen molar-refractivity contribution in [3.05, 3.63) is 36.4 Å². The molecule has 2 aromatic carbocycles. The summed E-state index contributed by atoms with van der Waals surface area (Å²) >= 11 is 1.94. The molecule has 6 heteroatoms. The molecule has 0 aliphatic heterocycles. The lowest BCUT2D eigenvalue weighted by Gasteiger charge is -2.17. The molecule has 0 unspecified atom stereocenters. The molecule has 0 aliphatic carbocycles. The lowest BCUT2D eigenvalue weighted by molar-refractivity contribution is 0.583. The number of halogens is 1. The Morgan fingerprint density at radius 1 is 1.14 bits per heavy atom. The molecule has 4 nitrogen and oxygen atoms in total. The van der Waals surface area contributed by atoms with Crippen molar-refractivity contribution in [2.75, 3.05) is 25.5 Å². The molecule has 0 atom stereocenters. The van der Waals surface area contributed by atoms with Gasteiger partial charge in [0.25, 0.3) is 0 Å². The predicted octanol–water partition coefficient (Wildman–Crippen LogP) is 2.97. The highest BCUT2D eigenvalue weighted by Crippen LogP contribution is 2.29. The number of benzene rings is 2. The average Bonchev–Trinajstić information content (AvgIpc) is 2.50. The first kappa shape index (κ1) is 17.1. The number of sulfonamides is 1. The quantitative estimate of drug-likeness (QED) is 0.453. The Kier molecular flexibility index (Phi) is 5.67. The number of nitrogens with zero attached hydrogens (tertiary/aromatic N) is 1. The van der Waals surface area contributed by atoms with Crippen LogP contribution in [0.4, 0.5) is 5.69 Å². The van der Waals surface area contributed by atoms with Crippen molar-refractivity contribution < 1.29 is 8.42 Å². The van der Waals surface area contributed by atoms with E-state index < -0.39 is 10.0 Å². The third kappa shape index (κ3) is 3.72. The lowest BCUT2D eigenvalue weighted by atomic mass is 10.1. The van der Waals surface area contributed by atoms with Gasteiger partial charge in [-0.3, -0.25) is 0 Å². The molecule has 0 spiro atoms. The highest BCUT2D eigenvalue weighted by Gasteiger charge is 2.17. The summed E-state index contributed by atoms with van der Waals surface area (Å²) in [4.78, 5) is 2.28. The van der Waals surface area contributed by atoms with Gasteiger partial charge in [-0.15, -0.1) is 0 Å². The summed E-state index contributed by atoms with van der Waals surface area (Å²) in [5, 5.41) is 1.64. The van der Waals surface area contributed by atoms with Crippen molar-refractivity contribution in [1.29, 1.82) is 0 Å². The maximum absolute atomic E-state index is 12.5. The van der Waals surface area contributed by atoms with Crippen molar-refractivity contribution in [2.24, 2.45) is 0 Å². The van der Waals surface area contributed by atoms with E-state index >= 15 is 0 Å². The minimum absolute atomic E-state index is 0.302. The fourth-order valence-corrected chi connectivity index (χ4v) is 3.78. The van der Waals surface area contributed by atoms with E-state index in [-0.39, 0.29) is 0 Å². The second kappa shape index (κ2) is 7.31. The van der Waals surface area contributed by atoms with Crippen LogP contribution in [0.15, 0.2) is 41.3 Å². The Labute approximate surface area is 145 Å². The topological polar surface area (TPSA) is 49.4 Å². The van der Waals surface area contributed by atoms with Gasteiger partial charge in [-0.25, -0.2) is 13.1 Å². The van der Waals surface area contributed by atoms with Gasteiger partial charge in [-0.1, -0.05) is 30.2 Å². The highest BCUT2D eigenvalue weighted by atomic mass is 127. The molecule has 0 saturated carbocycles. The molecule has 0 aromatic heterocycles. The molecule has 0 aliphatic rings. The Balaban J connectivity index is 2.47. The van der Waals surface area contributed by atoms with Gasteiger partial charge in [-0.2, -0.15) is 0 Å². The maximum Gasteiger partial charge on any atom is 0.241 e. The maximum atomic E-state index is 12.5. The minimum Gasteiger partial charge on any atom is -0.377 e. The summed E-state index contributed by atoms with van der Waals surface area (Å²) in [7, 11) is 0.334. The van der Waals surface area contributed by atoms with Gasteiger partial charge in [0, 0.05) is 66.1 Å². The Hall–Kier alpha value is -1.30. The van der Waals surface area contributed by atoms with Crippen molar-refractivity contribution in [3.8, 4) is 9.85 Å². The number of nitrogens with one attached hydrogen (secondary N) is 1. The van der Waals surface area contributed by atoms with E-state index in [1.807, 2.05) is 65.9 Å². The molecule has 1 N–H and O–H groups in total. The zero-order chi connectivity index (χ0) is 16.2. The van der Waals surface area contributed by atoms with Gasteiger partial charge < -0.3 is 4.90 Å². The zero-order valence-corrected chi connectivity index (χ0v) is 15.4. The van der Waals surface area contributed by atoms with Crippen LogP contribution in [0.5, 0.6) is 0 Å². The third-order valence-electron chi connectivity index (χ3n) is 3.24. The molecular weight excluding hydrogens is 411 g/mol. The summed E-state index contributed by atoms with van der Waals surface area (Å²) in [5.74, 6) is 2.84. The Bertz CT molecular complexity index is 836. The van der Waals surface area contributed by atoms with Gasteiger partial charge in [0.1, 0.15) is 0 Å². The zero-order valence-electron chi connectivity index (χ0n) is 12.4. The van der Waals surface area contributed by atoms with E-state index in [0.717, 1.165) is 16.5 Å². The van der Waals surface area contributed by atoms with Crippen LogP contribution in [-0.4, -0.2) is 29.1 Å². The van der Waals surface area contributed by atoms with Crippen molar-refractivity contribution in [2.45, 2.75) is 11.3 Å². The van der Waals surface area contributed by atoms with E-state index in [4.69, 9.17) is 0 Å². The normalized spacial score (nSPS) is 11.0. The minimum atomic E-state index is -3.55. The van der Waals surface area contributed by atoms with E-state index in [1.54, 1.807) is 12.1 Å². The third-order valence-corrected chi connectivity index (χ3v) is 5.14. The fraction of sp³-hybridized carbons (Fsp3) is 0.250. The molecule has 0 heterocycles. The van der Waals surface area contributed by atoms with Crippen molar-refractivity contribution >= 4 is 49.1 Å². The van der Waals surface area contributed by atoms with Crippen LogP contribution >= 0.6 is 22.6 Å². The van der Waals surface area contributed by atoms with Crippen LogP contribution in [0.1, 0.15) is 6.42 Å². The van der Waals surface area contributed by atoms with E-state index in [9.17, 15) is 8.42 Å². The Morgan fingerprint density at radius 3 is 2.50 bits per heavy atom. The molecule has 22 heavy (non-hydrogen) atoms. The van der Waals surface area contributed by atoms with Crippen LogP contribution in [-0.2, 0) is 10.0 Å². The van der Waals surface area contributed by atoms with Crippen molar-refractivity contribution in [1.82, 2.24) is 4.72 Å².